The number of nitrogens with zero attached hydrogens (tertiary/aromatic N) is 1. The van der Waals surface area contributed by atoms with Crippen molar-refractivity contribution in [3.05, 3.63) is 58.1 Å². The highest BCUT2D eigenvalue weighted by Crippen LogP contribution is 2.29. The third-order valence-electron chi connectivity index (χ3n) is 3.41. The first kappa shape index (κ1) is 16.0. The molecular formula is C16H14BrNO4S. The topological polar surface area (TPSA) is 65.0 Å². The molecule has 0 N–H and O–H groups in total. The fraction of sp³-hybridized carbons (Fsp3) is 0.188. The minimum absolute atomic E-state index is 0.0792. The van der Waals surface area contributed by atoms with Crippen molar-refractivity contribution in [1.82, 2.24) is 0 Å². The largest absolute Gasteiger partial charge is 0.492 e. The molecule has 2 aromatic carbocycles. The molecule has 0 spiro atoms. The molecule has 0 bridgehead atoms. The number of oxime groups is 1. The lowest BCUT2D eigenvalue weighted by molar-refractivity contribution is 0.308. The number of aryl methyl sites for hydroxylation is 1. The molecule has 0 aromatic heterocycles. The van der Waals surface area contributed by atoms with Gasteiger partial charge < -0.3 is 4.74 Å². The number of halogens is 1. The van der Waals surface area contributed by atoms with E-state index in [-0.39, 0.29) is 4.90 Å². The summed E-state index contributed by atoms with van der Waals surface area (Å²) in [5.41, 5.74) is 2.26. The van der Waals surface area contributed by atoms with Crippen LogP contribution in [0.3, 0.4) is 0 Å². The highest BCUT2D eigenvalue weighted by Gasteiger charge is 2.20. The second kappa shape index (κ2) is 6.33. The molecule has 0 aliphatic carbocycles. The van der Waals surface area contributed by atoms with Crippen LogP contribution in [-0.4, -0.2) is 20.7 Å². The van der Waals surface area contributed by atoms with Crippen molar-refractivity contribution in [2.75, 3.05) is 6.61 Å². The summed E-state index contributed by atoms with van der Waals surface area (Å²) in [5, 5.41) is 3.86. The summed E-state index contributed by atoms with van der Waals surface area (Å²) in [6.45, 7) is 2.31. The first-order valence-corrected chi connectivity index (χ1v) is 9.16. The smallest absolute Gasteiger partial charge is 0.358 e. The van der Waals surface area contributed by atoms with Crippen LogP contribution >= 0.6 is 15.9 Å². The molecule has 23 heavy (non-hydrogen) atoms. The molecule has 0 saturated heterocycles. The van der Waals surface area contributed by atoms with Gasteiger partial charge in [0.25, 0.3) is 0 Å². The minimum atomic E-state index is -3.92. The molecule has 0 saturated carbocycles. The Bertz CT molecular complexity index is 860. The van der Waals surface area contributed by atoms with Crippen molar-refractivity contribution in [3.8, 4) is 5.75 Å². The summed E-state index contributed by atoms with van der Waals surface area (Å²) in [5.74, 6) is 0.653. The molecule has 1 aliphatic heterocycles. The summed E-state index contributed by atoms with van der Waals surface area (Å²) in [6.07, 6.45) is 0.484. The third-order valence-corrected chi connectivity index (χ3v) is 5.02. The van der Waals surface area contributed by atoms with Crippen LogP contribution < -0.4 is 4.74 Å². The molecule has 2 aromatic rings. The zero-order valence-electron chi connectivity index (χ0n) is 12.3. The molecule has 3 rings (SSSR count). The van der Waals surface area contributed by atoms with Crippen LogP contribution in [0.1, 0.15) is 17.5 Å². The Morgan fingerprint density at radius 3 is 2.65 bits per heavy atom. The van der Waals surface area contributed by atoms with Gasteiger partial charge >= 0.3 is 10.1 Å². The van der Waals surface area contributed by atoms with Crippen LogP contribution in [0.5, 0.6) is 5.75 Å². The van der Waals surface area contributed by atoms with E-state index in [1.807, 2.05) is 25.1 Å². The van der Waals surface area contributed by atoms with E-state index in [4.69, 9.17) is 9.02 Å². The molecule has 0 amide bonds. The second-order valence-electron chi connectivity index (χ2n) is 5.12. The van der Waals surface area contributed by atoms with Crippen LogP contribution in [0.25, 0.3) is 0 Å². The highest BCUT2D eigenvalue weighted by atomic mass is 79.9. The molecule has 1 heterocycles. The highest BCUT2D eigenvalue weighted by molar-refractivity contribution is 9.10. The van der Waals surface area contributed by atoms with E-state index in [0.29, 0.717) is 24.5 Å². The first-order chi connectivity index (χ1) is 11.0. The Hall–Kier alpha value is -1.86. The average molecular weight is 396 g/mol. The third kappa shape index (κ3) is 3.56. The van der Waals surface area contributed by atoms with Crippen molar-refractivity contribution >= 4 is 31.8 Å². The lowest BCUT2D eigenvalue weighted by Crippen LogP contribution is -2.17. The Kier molecular flexibility index (Phi) is 4.41. The van der Waals surface area contributed by atoms with E-state index in [1.54, 1.807) is 12.1 Å². The van der Waals surface area contributed by atoms with Gasteiger partial charge in [-0.1, -0.05) is 38.8 Å². The normalized spacial score (nSPS) is 15.8. The van der Waals surface area contributed by atoms with Crippen molar-refractivity contribution < 1.29 is 17.4 Å². The van der Waals surface area contributed by atoms with E-state index in [1.165, 1.54) is 12.1 Å². The van der Waals surface area contributed by atoms with Gasteiger partial charge in [-0.25, -0.2) is 0 Å². The van der Waals surface area contributed by atoms with Gasteiger partial charge in [0, 0.05) is 16.5 Å². The van der Waals surface area contributed by atoms with E-state index >= 15 is 0 Å². The second-order valence-corrected chi connectivity index (χ2v) is 7.56. The molecular weight excluding hydrogens is 382 g/mol. The Labute approximate surface area is 143 Å². The summed E-state index contributed by atoms with van der Waals surface area (Å²) in [4.78, 5) is 0.0792. The average Bonchev–Trinajstić information content (AvgIpc) is 2.53. The standard InChI is InChI=1S/C16H14BrNO4S/c1-11-2-5-13(6-3-11)23(19,20)22-18-15-8-9-21-16-10-12(17)4-7-14(15)16/h2-7,10H,8-9H2,1H3. The first-order valence-electron chi connectivity index (χ1n) is 6.96. The molecule has 7 heteroatoms. The number of hydrogen-bond donors (Lipinski definition) is 0. The van der Waals surface area contributed by atoms with Crippen molar-refractivity contribution in [2.45, 2.75) is 18.2 Å². The van der Waals surface area contributed by atoms with Crippen LogP contribution in [0, 0.1) is 6.92 Å². The summed E-state index contributed by atoms with van der Waals surface area (Å²) >= 11 is 3.37. The predicted octanol–water partition coefficient (Wildman–Crippen LogP) is 3.65. The van der Waals surface area contributed by atoms with Gasteiger partial charge in [-0.15, -0.1) is 0 Å². The van der Waals surface area contributed by atoms with Gasteiger partial charge in [0.05, 0.1) is 12.3 Å². The molecule has 120 valence electrons. The monoisotopic (exact) mass is 395 g/mol. The van der Waals surface area contributed by atoms with Gasteiger partial charge in [-0.2, -0.15) is 8.42 Å². The lowest BCUT2D eigenvalue weighted by atomic mass is 10.0. The van der Waals surface area contributed by atoms with Crippen LogP contribution in [0.4, 0.5) is 0 Å². The quantitative estimate of drug-likeness (QED) is 0.743. The van der Waals surface area contributed by atoms with E-state index in [2.05, 4.69) is 21.1 Å². The van der Waals surface area contributed by atoms with Crippen LogP contribution in [-0.2, 0) is 14.4 Å². The van der Waals surface area contributed by atoms with E-state index in [9.17, 15) is 8.42 Å². The Morgan fingerprint density at radius 1 is 1.17 bits per heavy atom. The van der Waals surface area contributed by atoms with Crippen LogP contribution in [0.15, 0.2) is 57.0 Å². The summed E-state index contributed by atoms with van der Waals surface area (Å²) in [6, 6.07) is 11.9. The maximum Gasteiger partial charge on any atom is 0.358 e. The fourth-order valence-corrected chi connectivity index (χ4v) is 3.27. The predicted molar refractivity (Wildman–Crippen MR) is 90.2 cm³/mol. The molecule has 0 radical (unpaired) electrons. The van der Waals surface area contributed by atoms with Gasteiger partial charge in [-0.3, -0.25) is 4.28 Å². The maximum absolute atomic E-state index is 12.2. The molecule has 5 nitrogen and oxygen atoms in total. The number of ether oxygens (including phenoxy) is 1. The molecule has 0 atom stereocenters. The summed E-state index contributed by atoms with van der Waals surface area (Å²) < 4.78 is 35.7. The lowest BCUT2D eigenvalue weighted by Gasteiger charge is -2.18. The number of fused-ring (bicyclic) bond motifs is 1. The Balaban J connectivity index is 1.88. The number of hydrogen-bond acceptors (Lipinski definition) is 5. The molecule has 0 fully saturated rings. The van der Waals surface area contributed by atoms with Gasteiger partial charge in [0.2, 0.25) is 0 Å². The number of rotatable bonds is 3. The Morgan fingerprint density at radius 2 is 1.91 bits per heavy atom. The van der Waals surface area contributed by atoms with Gasteiger partial charge in [0.1, 0.15) is 10.6 Å². The van der Waals surface area contributed by atoms with Crippen molar-refractivity contribution in [3.63, 3.8) is 0 Å². The molecule has 1 aliphatic rings. The SMILES string of the molecule is Cc1ccc(S(=O)(=O)ON=C2CCOc3cc(Br)ccc32)cc1. The van der Waals surface area contributed by atoms with E-state index < -0.39 is 10.1 Å². The van der Waals surface area contributed by atoms with Crippen LogP contribution in [0.2, 0.25) is 0 Å². The zero-order chi connectivity index (χ0) is 16.4. The summed E-state index contributed by atoms with van der Waals surface area (Å²) in [7, 11) is -3.92. The van der Waals surface area contributed by atoms with Crippen molar-refractivity contribution in [1.29, 1.82) is 0 Å². The van der Waals surface area contributed by atoms with E-state index in [0.717, 1.165) is 15.6 Å². The van der Waals surface area contributed by atoms with Gasteiger partial charge in [0.15, 0.2) is 0 Å². The minimum Gasteiger partial charge on any atom is -0.492 e. The van der Waals surface area contributed by atoms with Gasteiger partial charge in [-0.05, 0) is 37.3 Å². The molecule has 0 unspecified atom stereocenters. The maximum atomic E-state index is 12.2. The van der Waals surface area contributed by atoms with Crippen molar-refractivity contribution in [2.24, 2.45) is 5.16 Å². The zero-order valence-corrected chi connectivity index (χ0v) is 14.7. The fourth-order valence-electron chi connectivity index (χ4n) is 2.18. The number of benzene rings is 2.